The zero-order chi connectivity index (χ0) is 16.2. The van der Waals surface area contributed by atoms with Crippen LogP contribution in [0.3, 0.4) is 0 Å². The summed E-state index contributed by atoms with van der Waals surface area (Å²) in [7, 11) is 0. The average Bonchev–Trinajstić information content (AvgIpc) is 2.95. The van der Waals surface area contributed by atoms with Crippen molar-refractivity contribution in [2.45, 2.75) is 44.6 Å². The normalized spacial score (nSPS) is 21.5. The van der Waals surface area contributed by atoms with Crippen molar-refractivity contribution in [3.63, 3.8) is 0 Å². The smallest absolute Gasteiger partial charge is 0.220 e. The summed E-state index contributed by atoms with van der Waals surface area (Å²) in [5, 5.41) is 4.20. The summed E-state index contributed by atoms with van der Waals surface area (Å²) < 4.78 is 2.20. The van der Waals surface area contributed by atoms with Gasteiger partial charge in [0, 0.05) is 23.4 Å². The number of hydrogen-bond donors (Lipinski definition) is 2. The molecule has 2 atom stereocenters. The van der Waals surface area contributed by atoms with Gasteiger partial charge in [-0.25, -0.2) is 4.98 Å². The first-order chi connectivity index (χ1) is 11.2. The van der Waals surface area contributed by atoms with Gasteiger partial charge in [-0.1, -0.05) is 28.8 Å². The topological polar surface area (TPSA) is 68.0 Å². The molecule has 6 heteroatoms. The highest BCUT2D eigenvalue weighted by Crippen LogP contribution is 2.26. The van der Waals surface area contributed by atoms with Crippen molar-refractivity contribution in [1.82, 2.24) is 10.3 Å². The highest BCUT2D eigenvalue weighted by Gasteiger charge is 2.25. The van der Waals surface area contributed by atoms with Crippen LogP contribution in [0.1, 0.15) is 37.1 Å². The molecule has 1 amide bonds. The minimum absolute atomic E-state index is 0.121. The Kier molecular flexibility index (Phi) is 5.67. The number of halogens is 1. The number of fused-ring (bicyclic) bond motifs is 1. The first-order valence-electron chi connectivity index (χ1n) is 8.20. The molecule has 1 heterocycles. The lowest BCUT2D eigenvalue weighted by molar-refractivity contribution is -0.122. The fraction of sp³-hybridized carbons (Fsp3) is 0.529. The molecule has 1 saturated carbocycles. The van der Waals surface area contributed by atoms with Crippen molar-refractivity contribution in [3.8, 4) is 0 Å². The van der Waals surface area contributed by atoms with Crippen LogP contribution in [0, 0.1) is 5.92 Å². The first kappa shape index (κ1) is 16.9. The van der Waals surface area contributed by atoms with E-state index in [9.17, 15) is 4.79 Å². The third-order valence-corrected chi connectivity index (χ3v) is 6.11. The van der Waals surface area contributed by atoms with Gasteiger partial charge < -0.3 is 11.1 Å². The minimum Gasteiger partial charge on any atom is -0.353 e. The fourth-order valence-corrected chi connectivity index (χ4v) is 4.53. The molecule has 4 nitrogen and oxygen atoms in total. The van der Waals surface area contributed by atoms with Gasteiger partial charge in [0.2, 0.25) is 5.91 Å². The van der Waals surface area contributed by atoms with Crippen molar-refractivity contribution < 1.29 is 4.79 Å². The maximum Gasteiger partial charge on any atom is 0.220 e. The van der Waals surface area contributed by atoms with Crippen molar-refractivity contribution in [1.29, 1.82) is 0 Å². The standard InChI is InChI=1S/C17H22BrN3OS/c18-12-5-6-15-14(9-12)21-17(23-15)8-7-16(22)20-13-4-2-1-3-11(13)10-19/h5-6,9,11,13H,1-4,7-8,10,19H2,(H,20,22). The number of amides is 1. The van der Waals surface area contributed by atoms with E-state index in [1.54, 1.807) is 11.3 Å². The molecule has 0 spiro atoms. The van der Waals surface area contributed by atoms with E-state index in [1.807, 2.05) is 12.1 Å². The first-order valence-corrected chi connectivity index (χ1v) is 9.81. The number of nitrogens with zero attached hydrogens (tertiary/aromatic N) is 1. The molecule has 0 aliphatic heterocycles. The Bertz CT molecular complexity index is 688. The lowest BCUT2D eigenvalue weighted by atomic mass is 9.84. The zero-order valence-corrected chi connectivity index (χ0v) is 15.5. The van der Waals surface area contributed by atoms with Gasteiger partial charge >= 0.3 is 0 Å². The van der Waals surface area contributed by atoms with Crippen molar-refractivity contribution in [2.75, 3.05) is 6.54 Å². The van der Waals surface area contributed by atoms with Crippen LogP contribution in [-0.2, 0) is 11.2 Å². The summed E-state index contributed by atoms with van der Waals surface area (Å²) in [6.45, 7) is 0.664. The molecular formula is C17H22BrN3OS. The summed E-state index contributed by atoms with van der Waals surface area (Å²) in [5.41, 5.74) is 6.82. The molecule has 124 valence electrons. The number of nitrogens with one attached hydrogen (secondary N) is 1. The Labute approximate surface area is 149 Å². The summed E-state index contributed by atoms with van der Waals surface area (Å²) >= 11 is 5.13. The minimum atomic E-state index is 0.121. The molecular weight excluding hydrogens is 374 g/mol. The van der Waals surface area contributed by atoms with Gasteiger partial charge in [0.25, 0.3) is 0 Å². The number of nitrogens with two attached hydrogens (primary N) is 1. The highest BCUT2D eigenvalue weighted by molar-refractivity contribution is 9.10. The van der Waals surface area contributed by atoms with E-state index in [0.29, 0.717) is 25.3 Å². The van der Waals surface area contributed by atoms with Gasteiger partial charge in [0.05, 0.1) is 15.2 Å². The lowest BCUT2D eigenvalue weighted by Gasteiger charge is -2.31. The number of carbonyl (C=O) groups is 1. The van der Waals surface area contributed by atoms with Crippen LogP contribution in [0.5, 0.6) is 0 Å². The maximum atomic E-state index is 12.2. The summed E-state index contributed by atoms with van der Waals surface area (Å²) in [6.07, 6.45) is 5.80. The van der Waals surface area contributed by atoms with Crippen LogP contribution in [0.25, 0.3) is 10.2 Å². The molecule has 0 radical (unpaired) electrons. The second kappa shape index (κ2) is 7.73. The number of aryl methyl sites for hydroxylation is 1. The van der Waals surface area contributed by atoms with Gasteiger partial charge in [-0.15, -0.1) is 11.3 Å². The molecule has 0 bridgehead atoms. The largest absolute Gasteiger partial charge is 0.353 e. The molecule has 1 fully saturated rings. The second-order valence-corrected chi connectivity index (χ2v) is 8.20. The lowest BCUT2D eigenvalue weighted by Crippen LogP contribution is -2.44. The summed E-state index contributed by atoms with van der Waals surface area (Å²) in [4.78, 5) is 16.8. The quantitative estimate of drug-likeness (QED) is 0.811. The zero-order valence-electron chi connectivity index (χ0n) is 13.1. The third-order valence-electron chi connectivity index (χ3n) is 4.52. The molecule has 1 aromatic heterocycles. The van der Waals surface area contributed by atoms with Crippen LogP contribution in [0.4, 0.5) is 0 Å². The maximum absolute atomic E-state index is 12.2. The van der Waals surface area contributed by atoms with E-state index < -0.39 is 0 Å². The Morgan fingerprint density at radius 3 is 3.04 bits per heavy atom. The van der Waals surface area contributed by atoms with Crippen molar-refractivity contribution in [2.24, 2.45) is 11.7 Å². The fourth-order valence-electron chi connectivity index (χ4n) is 3.23. The van der Waals surface area contributed by atoms with Crippen LogP contribution in [0.2, 0.25) is 0 Å². The molecule has 1 aromatic carbocycles. The van der Waals surface area contributed by atoms with Crippen molar-refractivity contribution >= 4 is 43.4 Å². The Balaban J connectivity index is 1.55. The molecule has 2 unspecified atom stereocenters. The number of aromatic nitrogens is 1. The summed E-state index contributed by atoms with van der Waals surface area (Å²) in [5.74, 6) is 0.559. The number of benzene rings is 1. The van der Waals surface area contributed by atoms with E-state index in [2.05, 4.69) is 32.3 Å². The molecule has 2 aromatic rings. The Morgan fingerprint density at radius 1 is 1.39 bits per heavy atom. The number of hydrogen-bond acceptors (Lipinski definition) is 4. The number of carbonyl (C=O) groups excluding carboxylic acids is 1. The Hall–Kier alpha value is -0.980. The second-order valence-electron chi connectivity index (χ2n) is 6.17. The third kappa shape index (κ3) is 4.31. The molecule has 3 N–H and O–H groups in total. The number of thiazole rings is 1. The van der Waals surface area contributed by atoms with E-state index in [0.717, 1.165) is 27.8 Å². The SMILES string of the molecule is NCC1CCCCC1NC(=O)CCc1nc2cc(Br)ccc2s1. The monoisotopic (exact) mass is 395 g/mol. The molecule has 0 saturated heterocycles. The van der Waals surface area contributed by atoms with E-state index in [1.165, 1.54) is 17.5 Å². The van der Waals surface area contributed by atoms with Gasteiger partial charge in [0.15, 0.2) is 0 Å². The van der Waals surface area contributed by atoms with Gasteiger partial charge in [0.1, 0.15) is 0 Å². The van der Waals surface area contributed by atoms with E-state index in [-0.39, 0.29) is 11.9 Å². The number of rotatable bonds is 5. The molecule has 1 aliphatic rings. The van der Waals surface area contributed by atoms with Gasteiger partial charge in [-0.2, -0.15) is 0 Å². The molecule has 1 aliphatic carbocycles. The van der Waals surface area contributed by atoms with E-state index >= 15 is 0 Å². The van der Waals surface area contributed by atoms with Crippen LogP contribution in [-0.4, -0.2) is 23.5 Å². The Morgan fingerprint density at radius 2 is 2.22 bits per heavy atom. The van der Waals surface area contributed by atoms with Gasteiger partial charge in [-0.05, 0) is 43.5 Å². The molecule has 23 heavy (non-hydrogen) atoms. The highest BCUT2D eigenvalue weighted by atomic mass is 79.9. The predicted octanol–water partition coefficient (Wildman–Crippen LogP) is 3.63. The van der Waals surface area contributed by atoms with Crippen molar-refractivity contribution in [3.05, 3.63) is 27.7 Å². The van der Waals surface area contributed by atoms with Crippen LogP contribution < -0.4 is 11.1 Å². The average molecular weight is 396 g/mol. The predicted molar refractivity (Wildman–Crippen MR) is 98.6 cm³/mol. The van der Waals surface area contributed by atoms with Crippen LogP contribution in [0.15, 0.2) is 22.7 Å². The summed E-state index contributed by atoms with van der Waals surface area (Å²) in [6, 6.07) is 6.36. The molecule has 3 rings (SSSR count). The van der Waals surface area contributed by atoms with E-state index in [4.69, 9.17) is 5.73 Å². The van der Waals surface area contributed by atoms with Gasteiger partial charge in [-0.3, -0.25) is 4.79 Å². The van der Waals surface area contributed by atoms with Crippen LogP contribution >= 0.6 is 27.3 Å².